The second kappa shape index (κ2) is 9.94. The Morgan fingerprint density at radius 2 is 1.69 bits per heavy atom. The average molecular weight is 376 g/mol. The first-order valence-electron chi connectivity index (χ1n) is 8.22. The minimum atomic E-state index is -0.370. The lowest BCUT2D eigenvalue weighted by Gasteiger charge is -2.14. The number of carbonyl (C=O) groups is 2. The van der Waals surface area contributed by atoms with Gasteiger partial charge < -0.3 is 15.5 Å². The number of likely N-dealkylation sites (N-methyl/N-ethyl adjacent to an activating group) is 1. The van der Waals surface area contributed by atoms with Gasteiger partial charge in [-0.25, -0.2) is 4.39 Å². The zero-order chi connectivity index (χ0) is 18.9. The molecule has 0 bridgehead atoms. The number of hydrogen-bond acceptors (Lipinski definition) is 3. The summed E-state index contributed by atoms with van der Waals surface area (Å²) in [5.41, 5.74) is 1.64. The molecule has 1 unspecified atom stereocenters. The SMILES string of the molecule is CSc1ccc(C[NH+](C)CC(=O)NCC(=O)Nc2ccc(F)cc2)cc1. The fraction of sp³-hybridized carbons (Fsp3) is 0.263. The number of nitrogens with one attached hydrogen (secondary N) is 3. The zero-order valence-electron chi connectivity index (χ0n) is 14.8. The third-order valence-electron chi connectivity index (χ3n) is 3.70. The van der Waals surface area contributed by atoms with Crippen molar-refractivity contribution in [2.45, 2.75) is 11.4 Å². The molecule has 0 aromatic heterocycles. The Morgan fingerprint density at radius 1 is 1.04 bits per heavy atom. The van der Waals surface area contributed by atoms with E-state index < -0.39 is 0 Å². The summed E-state index contributed by atoms with van der Waals surface area (Å²) in [6.45, 7) is 0.879. The van der Waals surface area contributed by atoms with Crippen LogP contribution in [0.3, 0.4) is 0 Å². The second-order valence-corrected chi connectivity index (χ2v) is 6.87. The fourth-order valence-electron chi connectivity index (χ4n) is 2.41. The van der Waals surface area contributed by atoms with E-state index in [4.69, 9.17) is 0 Å². The van der Waals surface area contributed by atoms with Crippen LogP contribution in [0.2, 0.25) is 0 Å². The van der Waals surface area contributed by atoms with E-state index >= 15 is 0 Å². The van der Waals surface area contributed by atoms with Crippen molar-refractivity contribution >= 4 is 29.3 Å². The molecular formula is C19H23FN3O2S+. The Bertz CT molecular complexity index is 735. The summed E-state index contributed by atoms with van der Waals surface area (Å²) in [6.07, 6.45) is 2.03. The number of halogens is 1. The highest BCUT2D eigenvalue weighted by Gasteiger charge is 2.12. The number of thioether (sulfide) groups is 1. The first-order chi connectivity index (χ1) is 12.5. The molecule has 0 spiro atoms. The van der Waals surface area contributed by atoms with Crippen LogP contribution in [0.25, 0.3) is 0 Å². The molecule has 2 aromatic rings. The first-order valence-corrected chi connectivity index (χ1v) is 9.45. The van der Waals surface area contributed by atoms with Crippen LogP contribution in [0, 0.1) is 5.82 Å². The van der Waals surface area contributed by atoms with Gasteiger partial charge in [-0.05, 0) is 42.7 Å². The third kappa shape index (κ3) is 6.85. The number of rotatable bonds is 8. The van der Waals surface area contributed by atoms with E-state index in [0.29, 0.717) is 5.69 Å². The monoisotopic (exact) mass is 376 g/mol. The van der Waals surface area contributed by atoms with Crippen molar-refractivity contribution in [2.24, 2.45) is 0 Å². The zero-order valence-corrected chi connectivity index (χ0v) is 15.7. The van der Waals surface area contributed by atoms with E-state index in [1.165, 1.54) is 29.2 Å². The topological polar surface area (TPSA) is 62.6 Å². The lowest BCUT2D eigenvalue weighted by molar-refractivity contribution is -0.885. The van der Waals surface area contributed by atoms with Crippen LogP contribution in [0.5, 0.6) is 0 Å². The standard InChI is InChI=1S/C19H22FN3O2S/c1-23(12-14-3-9-17(26-2)10-4-14)13-19(25)21-11-18(24)22-16-7-5-15(20)6-8-16/h3-10H,11-13H2,1-2H3,(H,21,25)(H,22,24)/p+1. The molecule has 2 amide bonds. The molecule has 0 saturated heterocycles. The quantitative estimate of drug-likeness (QED) is 0.609. The van der Waals surface area contributed by atoms with Gasteiger partial charge in [0.25, 0.3) is 5.91 Å². The average Bonchev–Trinajstić information content (AvgIpc) is 2.62. The second-order valence-electron chi connectivity index (χ2n) is 5.99. The van der Waals surface area contributed by atoms with Gasteiger partial charge in [0.1, 0.15) is 12.4 Å². The van der Waals surface area contributed by atoms with E-state index in [0.717, 1.165) is 17.0 Å². The highest BCUT2D eigenvalue weighted by atomic mass is 32.2. The Morgan fingerprint density at radius 3 is 2.31 bits per heavy atom. The van der Waals surface area contributed by atoms with Crippen molar-refractivity contribution in [1.29, 1.82) is 0 Å². The molecule has 7 heteroatoms. The molecule has 2 aromatic carbocycles. The Kier molecular flexibility index (Phi) is 7.62. The van der Waals surface area contributed by atoms with Crippen molar-refractivity contribution in [3.05, 3.63) is 59.9 Å². The number of benzene rings is 2. The molecule has 0 aliphatic rings. The molecule has 3 N–H and O–H groups in total. The maximum Gasteiger partial charge on any atom is 0.275 e. The van der Waals surface area contributed by atoms with Gasteiger partial charge in [-0.1, -0.05) is 12.1 Å². The number of amides is 2. The molecule has 138 valence electrons. The van der Waals surface area contributed by atoms with Gasteiger partial charge >= 0.3 is 0 Å². The lowest BCUT2D eigenvalue weighted by Crippen LogP contribution is -3.08. The van der Waals surface area contributed by atoms with Crippen LogP contribution >= 0.6 is 11.8 Å². The van der Waals surface area contributed by atoms with Gasteiger partial charge in [-0.15, -0.1) is 11.8 Å². The summed E-state index contributed by atoms with van der Waals surface area (Å²) in [5, 5.41) is 5.20. The summed E-state index contributed by atoms with van der Waals surface area (Å²) >= 11 is 1.69. The van der Waals surface area contributed by atoms with Gasteiger partial charge in [0, 0.05) is 16.1 Å². The lowest BCUT2D eigenvalue weighted by atomic mass is 10.2. The minimum Gasteiger partial charge on any atom is -0.342 e. The molecule has 1 atom stereocenters. The molecule has 26 heavy (non-hydrogen) atoms. The minimum absolute atomic E-state index is 0.119. The van der Waals surface area contributed by atoms with Crippen molar-refractivity contribution in [2.75, 3.05) is 31.7 Å². The summed E-state index contributed by atoms with van der Waals surface area (Å²) in [6, 6.07) is 13.7. The van der Waals surface area contributed by atoms with Crippen LogP contribution in [0.1, 0.15) is 5.56 Å². The van der Waals surface area contributed by atoms with Gasteiger partial charge in [0.15, 0.2) is 6.54 Å². The summed E-state index contributed by atoms with van der Waals surface area (Å²) in [4.78, 5) is 26.0. The maximum atomic E-state index is 12.8. The van der Waals surface area contributed by atoms with Crippen molar-refractivity contribution in [3.8, 4) is 0 Å². The number of anilines is 1. The van der Waals surface area contributed by atoms with Gasteiger partial charge in [0.05, 0.1) is 13.6 Å². The van der Waals surface area contributed by atoms with E-state index in [9.17, 15) is 14.0 Å². The fourth-order valence-corrected chi connectivity index (χ4v) is 2.82. The molecule has 0 aliphatic carbocycles. The molecule has 0 fully saturated rings. The summed E-state index contributed by atoms with van der Waals surface area (Å²) < 4.78 is 12.8. The smallest absolute Gasteiger partial charge is 0.275 e. The third-order valence-corrected chi connectivity index (χ3v) is 4.44. The van der Waals surface area contributed by atoms with Gasteiger partial charge in [0.2, 0.25) is 5.91 Å². The number of hydrogen-bond donors (Lipinski definition) is 3. The summed E-state index contributed by atoms with van der Waals surface area (Å²) in [5.74, 6) is -0.918. The molecule has 0 heterocycles. The predicted octanol–water partition coefficient (Wildman–Crippen LogP) is 1.32. The van der Waals surface area contributed by atoms with Crippen molar-refractivity contribution < 1.29 is 18.9 Å². The van der Waals surface area contributed by atoms with Crippen LogP contribution in [-0.4, -0.2) is 38.2 Å². The normalized spacial score (nSPS) is 11.7. The van der Waals surface area contributed by atoms with Crippen molar-refractivity contribution in [3.63, 3.8) is 0 Å². The Hall–Kier alpha value is -2.38. The molecule has 5 nitrogen and oxygen atoms in total. The molecular weight excluding hydrogens is 353 g/mol. The first kappa shape index (κ1) is 19.9. The maximum absolute atomic E-state index is 12.8. The van der Waals surface area contributed by atoms with E-state index in [-0.39, 0.29) is 30.7 Å². The predicted molar refractivity (Wildman–Crippen MR) is 102 cm³/mol. The van der Waals surface area contributed by atoms with Crippen LogP contribution in [0.4, 0.5) is 10.1 Å². The highest BCUT2D eigenvalue weighted by Crippen LogP contribution is 2.14. The largest absolute Gasteiger partial charge is 0.342 e. The molecule has 0 saturated carbocycles. The Balaban J connectivity index is 1.71. The Labute approximate surface area is 157 Å². The van der Waals surface area contributed by atoms with E-state index in [1.54, 1.807) is 11.8 Å². The highest BCUT2D eigenvalue weighted by molar-refractivity contribution is 7.98. The molecule has 2 rings (SSSR count). The summed E-state index contributed by atoms with van der Waals surface area (Å²) in [7, 11) is 1.93. The molecule has 0 radical (unpaired) electrons. The number of carbonyl (C=O) groups excluding carboxylic acids is 2. The van der Waals surface area contributed by atoms with Gasteiger partial charge in [-0.3, -0.25) is 9.59 Å². The number of quaternary nitrogens is 1. The van der Waals surface area contributed by atoms with Crippen LogP contribution < -0.4 is 15.5 Å². The van der Waals surface area contributed by atoms with Crippen molar-refractivity contribution in [1.82, 2.24) is 5.32 Å². The van der Waals surface area contributed by atoms with Crippen LogP contribution in [0.15, 0.2) is 53.4 Å². The van der Waals surface area contributed by atoms with Crippen LogP contribution in [-0.2, 0) is 16.1 Å². The van der Waals surface area contributed by atoms with E-state index in [2.05, 4.69) is 34.9 Å². The van der Waals surface area contributed by atoms with Gasteiger partial charge in [-0.2, -0.15) is 0 Å². The van der Waals surface area contributed by atoms with E-state index in [1.807, 2.05) is 13.3 Å². The molecule has 0 aliphatic heterocycles.